The van der Waals surface area contributed by atoms with E-state index >= 15 is 0 Å². The predicted molar refractivity (Wildman–Crippen MR) is 264 cm³/mol. The van der Waals surface area contributed by atoms with E-state index in [9.17, 15) is 0 Å². The van der Waals surface area contributed by atoms with E-state index in [0.717, 1.165) is 83.2 Å². The summed E-state index contributed by atoms with van der Waals surface area (Å²) in [6.07, 6.45) is 0. The molecule has 0 bridgehead atoms. The molecule has 0 unspecified atom stereocenters. The smallest absolute Gasteiger partial charge is 0.143 e. The first kappa shape index (κ1) is 36.3. The average molecular weight is 818 g/mol. The highest BCUT2D eigenvalue weighted by Gasteiger charge is 2.46. The van der Waals surface area contributed by atoms with Crippen LogP contribution in [-0.4, -0.2) is 0 Å². The number of fused-ring (bicyclic) bond motifs is 9. The summed E-state index contributed by atoms with van der Waals surface area (Å²) in [5.41, 5.74) is 18.3. The van der Waals surface area contributed by atoms with Crippen molar-refractivity contribution in [2.45, 2.75) is 5.41 Å². The highest BCUT2D eigenvalue weighted by atomic mass is 16.3. The average Bonchev–Trinajstić information content (AvgIpc) is 4.03. The number of hydrogen-bond acceptors (Lipinski definition) is 3. The summed E-state index contributed by atoms with van der Waals surface area (Å²) in [5, 5.41) is 4.50. The first-order valence-corrected chi connectivity index (χ1v) is 21.9. The maximum Gasteiger partial charge on any atom is 0.143 e. The lowest BCUT2D eigenvalue weighted by Crippen LogP contribution is -2.28. The minimum absolute atomic E-state index is 0.523. The van der Waals surface area contributed by atoms with Crippen molar-refractivity contribution in [2.75, 3.05) is 4.90 Å². The fourth-order valence-corrected chi connectivity index (χ4v) is 10.5. The summed E-state index contributed by atoms with van der Waals surface area (Å²) in [7, 11) is 0. The molecule has 0 fully saturated rings. The van der Waals surface area contributed by atoms with E-state index in [0.29, 0.717) is 0 Å². The van der Waals surface area contributed by atoms with E-state index in [1.54, 1.807) is 0 Å². The van der Waals surface area contributed by atoms with E-state index in [2.05, 4.69) is 217 Å². The summed E-state index contributed by atoms with van der Waals surface area (Å²) in [4.78, 5) is 2.39. The second kappa shape index (κ2) is 14.3. The van der Waals surface area contributed by atoms with Gasteiger partial charge in [-0.1, -0.05) is 176 Å². The second-order valence-electron chi connectivity index (χ2n) is 16.8. The van der Waals surface area contributed by atoms with Crippen LogP contribution in [0.15, 0.2) is 245 Å². The third kappa shape index (κ3) is 5.47. The summed E-state index contributed by atoms with van der Waals surface area (Å²) in [5.74, 6) is 0. The molecule has 64 heavy (non-hydrogen) atoms. The second-order valence-corrected chi connectivity index (χ2v) is 16.8. The minimum atomic E-state index is -0.523. The number of benzene rings is 10. The fraction of sp³-hybridized carbons (Fsp3) is 0.0164. The molecule has 0 amide bonds. The Kier molecular flexibility index (Phi) is 8.13. The zero-order valence-electron chi connectivity index (χ0n) is 34.8. The Morgan fingerprint density at radius 2 is 0.812 bits per heavy atom. The Morgan fingerprint density at radius 3 is 1.53 bits per heavy atom. The molecule has 10 aromatic carbocycles. The molecule has 3 nitrogen and oxygen atoms in total. The van der Waals surface area contributed by atoms with Crippen molar-refractivity contribution < 1.29 is 8.83 Å². The quantitative estimate of drug-likeness (QED) is 0.160. The van der Waals surface area contributed by atoms with Crippen molar-refractivity contribution in [3.05, 3.63) is 259 Å². The lowest BCUT2D eigenvalue weighted by molar-refractivity contribution is 0.669. The van der Waals surface area contributed by atoms with Crippen LogP contribution < -0.4 is 4.90 Å². The van der Waals surface area contributed by atoms with Gasteiger partial charge >= 0.3 is 0 Å². The molecule has 1 aliphatic rings. The molecule has 0 aliphatic heterocycles. The summed E-state index contributed by atoms with van der Waals surface area (Å²) >= 11 is 0. The van der Waals surface area contributed by atoms with Gasteiger partial charge in [-0.25, -0.2) is 0 Å². The minimum Gasteiger partial charge on any atom is -0.456 e. The van der Waals surface area contributed by atoms with Crippen LogP contribution in [0.25, 0.3) is 77.3 Å². The molecule has 2 heterocycles. The van der Waals surface area contributed by atoms with Gasteiger partial charge < -0.3 is 13.7 Å². The van der Waals surface area contributed by atoms with Crippen molar-refractivity contribution in [3.63, 3.8) is 0 Å². The molecule has 300 valence electrons. The Balaban J connectivity index is 0.973. The van der Waals surface area contributed by atoms with Crippen LogP contribution in [0, 0.1) is 0 Å². The van der Waals surface area contributed by atoms with Crippen LogP contribution in [0.1, 0.15) is 22.3 Å². The lowest BCUT2D eigenvalue weighted by atomic mass is 9.67. The molecule has 1 aliphatic carbocycles. The molecule has 0 spiro atoms. The normalized spacial score (nSPS) is 12.8. The lowest BCUT2D eigenvalue weighted by Gasteiger charge is -2.35. The van der Waals surface area contributed by atoms with Gasteiger partial charge in [0.2, 0.25) is 0 Å². The highest BCUT2D eigenvalue weighted by molar-refractivity contribution is 6.10. The van der Waals surface area contributed by atoms with Crippen molar-refractivity contribution >= 4 is 60.9 Å². The van der Waals surface area contributed by atoms with Gasteiger partial charge in [-0.05, 0) is 111 Å². The van der Waals surface area contributed by atoms with E-state index in [4.69, 9.17) is 8.83 Å². The van der Waals surface area contributed by atoms with Crippen molar-refractivity contribution in [2.24, 2.45) is 0 Å². The molecule has 0 N–H and O–H groups in total. The first-order valence-electron chi connectivity index (χ1n) is 21.9. The predicted octanol–water partition coefficient (Wildman–Crippen LogP) is 16.7. The molecule has 0 saturated carbocycles. The van der Waals surface area contributed by atoms with Gasteiger partial charge in [-0.2, -0.15) is 0 Å². The van der Waals surface area contributed by atoms with Crippen molar-refractivity contribution in [3.8, 4) is 33.4 Å². The molecule has 2 aromatic heterocycles. The molecule has 0 atom stereocenters. The summed E-state index contributed by atoms with van der Waals surface area (Å²) < 4.78 is 12.7. The number of anilines is 3. The number of nitrogens with zero attached hydrogens (tertiary/aromatic N) is 1. The molecule has 12 aromatic rings. The van der Waals surface area contributed by atoms with Crippen LogP contribution in [0.3, 0.4) is 0 Å². The Labute approximate surface area is 370 Å². The SMILES string of the molecule is c1ccc(C2(c3cccc(N(c4ccc(-c5ccc6oc7ccccc7c6c5)cc4)c4ccc(-c5cccc6c5oc5ccccc56)cc4)c3)c3ccccc3-c3ccccc32)cc1. The van der Waals surface area contributed by atoms with Gasteiger partial charge in [-0.3, -0.25) is 0 Å². The highest BCUT2D eigenvalue weighted by Crippen LogP contribution is 2.56. The van der Waals surface area contributed by atoms with Crippen molar-refractivity contribution in [1.29, 1.82) is 0 Å². The van der Waals surface area contributed by atoms with Crippen LogP contribution in [0.4, 0.5) is 17.1 Å². The van der Waals surface area contributed by atoms with Gasteiger partial charge in [0.15, 0.2) is 0 Å². The molecule has 0 radical (unpaired) electrons. The molecule has 13 rings (SSSR count). The van der Waals surface area contributed by atoms with Gasteiger partial charge in [0.1, 0.15) is 22.3 Å². The molecule has 3 heteroatoms. The Bertz CT molecular complexity index is 3680. The third-order valence-corrected chi connectivity index (χ3v) is 13.4. The zero-order chi connectivity index (χ0) is 42.2. The van der Waals surface area contributed by atoms with E-state index < -0.39 is 5.41 Å². The van der Waals surface area contributed by atoms with Gasteiger partial charge in [0.25, 0.3) is 0 Å². The largest absolute Gasteiger partial charge is 0.456 e. The van der Waals surface area contributed by atoms with E-state index in [-0.39, 0.29) is 0 Å². The van der Waals surface area contributed by atoms with E-state index in [1.807, 2.05) is 24.3 Å². The van der Waals surface area contributed by atoms with Gasteiger partial charge in [0.05, 0.1) is 5.41 Å². The number of rotatable bonds is 7. The number of para-hydroxylation sites is 3. The van der Waals surface area contributed by atoms with Crippen molar-refractivity contribution in [1.82, 2.24) is 0 Å². The standard InChI is InChI=1S/C61H39NO2/c1-2-14-43(15-3-1)61(55-24-8-4-18-49(55)50-19-5-9-25-56(50)61)44-16-12-17-47(39-44)62(45-33-28-40(29-34-45)42-32-37-59-54(38-42)52-21-7-10-26-57(52)63-59)46-35-30-41(31-36-46)48-22-13-23-53-51-20-6-11-27-58(51)64-60(48)53/h1-39H. The third-order valence-electron chi connectivity index (χ3n) is 13.4. The molecular formula is C61H39NO2. The van der Waals surface area contributed by atoms with Gasteiger partial charge in [0, 0.05) is 44.2 Å². The monoisotopic (exact) mass is 817 g/mol. The zero-order valence-corrected chi connectivity index (χ0v) is 34.8. The Hall–Kier alpha value is -8.40. The maximum absolute atomic E-state index is 6.48. The Morgan fingerprint density at radius 1 is 0.297 bits per heavy atom. The number of furan rings is 2. The van der Waals surface area contributed by atoms with Crippen LogP contribution >= 0.6 is 0 Å². The molecule has 0 saturated heterocycles. The van der Waals surface area contributed by atoms with Crippen LogP contribution in [0.2, 0.25) is 0 Å². The summed E-state index contributed by atoms with van der Waals surface area (Å²) in [6, 6.07) is 85.4. The van der Waals surface area contributed by atoms with E-state index in [1.165, 1.54) is 33.4 Å². The maximum atomic E-state index is 6.48. The first-order chi connectivity index (χ1) is 31.7. The van der Waals surface area contributed by atoms with Crippen LogP contribution in [-0.2, 0) is 5.41 Å². The molecular weight excluding hydrogens is 779 g/mol. The van der Waals surface area contributed by atoms with Crippen LogP contribution in [0.5, 0.6) is 0 Å². The summed E-state index contributed by atoms with van der Waals surface area (Å²) in [6.45, 7) is 0. The fourth-order valence-electron chi connectivity index (χ4n) is 10.5. The number of hydrogen-bond donors (Lipinski definition) is 0. The topological polar surface area (TPSA) is 29.5 Å². The van der Waals surface area contributed by atoms with Gasteiger partial charge in [-0.15, -0.1) is 0 Å².